The molecule has 27 heavy (non-hydrogen) atoms. The molecular formula is C17H16F4N2O3S. The lowest BCUT2D eigenvalue weighted by atomic mass is 10.1. The van der Waals surface area contributed by atoms with Crippen molar-refractivity contribution in [2.45, 2.75) is 18.0 Å². The lowest BCUT2D eigenvalue weighted by molar-refractivity contribution is -0.137. The summed E-state index contributed by atoms with van der Waals surface area (Å²) in [6, 6.07) is 8.39. The average molecular weight is 404 g/mol. The van der Waals surface area contributed by atoms with E-state index in [1.807, 2.05) is 0 Å². The van der Waals surface area contributed by atoms with Crippen LogP contribution in [0, 0.1) is 5.82 Å². The second-order valence-corrected chi connectivity index (χ2v) is 7.41. The zero-order valence-electron chi connectivity index (χ0n) is 14.1. The van der Waals surface area contributed by atoms with Gasteiger partial charge in [0.05, 0.1) is 22.7 Å². The molecule has 0 heterocycles. The van der Waals surface area contributed by atoms with E-state index in [2.05, 4.69) is 5.32 Å². The second kappa shape index (κ2) is 8.05. The highest BCUT2D eigenvalue weighted by atomic mass is 32.2. The maximum atomic E-state index is 13.0. The van der Waals surface area contributed by atoms with Gasteiger partial charge in [-0.1, -0.05) is 19.1 Å². The number of amides is 1. The number of rotatable bonds is 6. The summed E-state index contributed by atoms with van der Waals surface area (Å²) < 4.78 is 77.8. The highest BCUT2D eigenvalue weighted by molar-refractivity contribution is 7.89. The first-order chi connectivity index (χ1) is 12.6. The van der Waals surface area contributed by atoms with Crippen LogP contribution in [0.3, 0.4) is 0 Å². The van der Waals surface area contributed by atoms with Crippen LogP contribution in [0.2, 0.25) is 0 Å². The molecule has 0 radical (unpaired) electrons. The molecule has 0 aromatic heterocycles. The van der Waals surface area contributed by atoms with E-state index in [-0.39, 0.29) is 11.4 Å². The largest absolute Gasteiger partial charge is 0.418 e. The molecule has 0 saturated heterocycles. The number of likely N-dealkylation sites (N-methyl/N-ethyl adjacent to an activating group) is 1. The Morgan fingerprint density at radius 3 is 2.22 bits per heavy atom. The van der Waals surface area contributed by atoms with Crippen LogP contribution in [-0.4, -0.2) is 31.7 Å². The summed E-state index contributed by atoms with van der Waals surface area (Å²) in [4.78, 5) is 11.9. The maximum Gasteiger partial charge on any atom is 0.418 e. The number of hydrogen-bond acceptors (Lipinski definition) is 3. The van der Waals surface area contributed by atoms with Crippen molar-refractivity contribution in [3.05, 3.63) is 59.9 Å². The lowest BCUT2D eigenvalue weighted by Gasteiger charge is -2.21. The van der Waals surface area contributed by atoms with Crippen LogP contribution >= 0.6 is 0 Å². The van der Waals surface area contributed by atoms with Gasteiger partial charge in [0.2, 0.25) is 15.9 Å². The van der Waals surface area contributed by atoms with Crippen LogP contribution in [0.25, 0.3) is 0 Å². The number of nitrogens with zero attached hydrogens (tertiary/aromatic N) is 1. The molecule has 1 N–H and O–H groups in total. The first-order valence-corrected chi connectivity index (χ1v) is 9.21. The standard InChI is InChI=1S/C17H16F4N2O3S/c1-2-23(27(25,26)13-9-7-12(18)8-10-13)11-16(24)22-15-6-4-3-5-14(15)17(19,20)21/h3-10H,2,11H2,1H3,(H,22,24). The first kappa shape index (κ1) is 20.8. The zero-order chi connectivity index (χ0) is 20.2. The molecule has 0 atom stereocenters. The third-order valence-corrected chi connectivity index (χ3v) is 5.57. The molecule has 146 valence electrons. The van der Waals surface area contributed by atoms with E-state index in [0.717, 1.165) is 40.7 Å². The van der Waals surface area contributed by atoms with Crippen LogP contribution in [0.1, 0.15) is 12.5 Å². The van der Waals surface area contributed by atoms with Crippen molar-refractivity contribution in [3.8, 4) is 0 Å². The Kier molecular flexibility index (Phi) is 6.22. The molecule has 0 bridgehead atoms. The SMILES string of the molecule is CCN(CC(=O)Nc1ccccc1C(F)(F)F)S(=O)(=O)c1ccc(F)cc1. The van der Waals surface area contributed by atoms with E-state index in [1.165, 1.54) is 19.1 Å². The van der Waals surface area contributed by atoms with Crippen molar-refractivity contribution in [3.63, 3.8) is 0 Å². The quantitative estimate of drug-likeness (QED) is 0.750. The van der Waals surface area contributed by atoms with E-state index >= 15 is 0 Å². The third kappa shape index (κ3) is 5.04. The number of para-hydroxylation sites is 1. The summed E-state index contributed by atoms with van der Waals surface area (Å²) in [5.41, 5.74) is -1.51. The maximum absolute atomic E-state index is 13.0. The Bertz CT molecular complexity index is 913. The van der Waals surface area contributed by atoms with Gasteiger partial charge in [-0.25, -0.2) is 12.8 Å². The van der Waals surface area contributed by atoms with Gasteiger partial charge in [-0.3, -0.25) is 4.79 Å². The number of hydrogen-bond donors (Lipinski definition) is 1. The molecule has 0 saturated carbocycles. The summed E-state index contributed by atoms with van der Waals surface area (Å²) in [6.45, 7) is 0.675. The fraction of sp³-hybridized carbons (Fsp3) is 0.235. The zero-order valence-corrected chi connectivity index (χ0v) is 14.9. The number of carbonyl (C=O) groups excluding carboxylic acids is 1. The Labute approximate surface area is 153 Å². The monoisotopic (exact) mass is 404 g/mol. The smallest absolute Gasteiger partial charge is 0.324 e. The van der Waals surface area contributed by atoms with Crippen molar-refractivity contribution in [2.24, 2.45) is 0 Å². The third-order valence-electron chi connectivity index (χ3n) is 3.63. The van der Waals surface area contributed by atoms with Gasteiger partial charge in [0.15, 0.2) is 0 Å². The predicted octanol–water partition coefficient (Wildman–Crippen LogP) is 3.49. The van der Waals surface area contributed by atoms with Crippen LogP contribution in [0.5, 0.6) is 0 Å². The minimum Gasteiger partial charge on any atom is -0.324 e. The van der Waals surface area contributed by atoms with Crippen molar-refractivity contribution >= 4 is 21.6 Å². The Hall–Kier alpha value is -2.46. The van der Waals surface area contributed by atoms with Gasteiger partial charge in [0.1, 0.15) is 5.82 Å². The van der Waals surface area contributed by atoms with Gasteiger partial charge in [-0.2, -0.15) is 17.5 Å². The summed E-state index contributed by atoms with van der Waals surface area (Å²) in [6.07, 6.45) is -4.67. The lowest BCUT2D eigenvalue weighted by Crippen LogP contribution is -2.38. The summed E-state index contributed by atoms with van der Waals surface area (Å²) >= 11 is 0. The normalized spacial score (nSPS) is 12.2. The highest BCUT2D eigenvalue weighted by Crippen LogP contribution is 2.34. The number of nitrogens with one attached hydrogen (secondary N) is 1. The molecule has 0 spiro atoms. The van der Waals surface area contributed by atoms with Crippen molar-refractivity contribution in [1.82, 2.24) is 4.31 Å². The molecular weight excluding hydrogens is 388 g/mol. The van der Waals surface area contributed by atoms with E-state index < -0.39 is 45.7 Å². The molecule has 2 rings (SSSR count). The summed E-state index contributed by atoms with van der Waals surface area (Å²) in [5, 5.41) is 2.09. The number of halogens is 4. The minimum atomic E-state index is -4.67. The van der Waals surface area contributed by atoms with Crippen molar-refractivity contribution < 1.29 is 30.8 Å². The van der Waals surface area contributed by atoms with Gasteiger partial charge in [0.25, 0.3) is 0 Å². The molecule has 0 aliphatic carbocycles. The van der Waals surface area contributed by atoms with Crippen LogP contribution in [0.4, 0.5) is 23.2 Å². The minimum absolute atomic E-state index is 0.103. The molecule has 0 unspecified atom stereocenters. The molecule has 5 nitrogen and oxygen atoms in total. The molecule has 0 fully saturated rings. The van der Waals surface area contributed by atoms with Crippen molar-refractivity contribution in [2.75, 3.05) is 18.4 Å². The second-order valence-electron chi connectivity index (χ2n) is 5.48. The first-order valence-electron chi connectivity index (χ1n) is 7.77. The molecule has 2 aromatic carbocycles. The van der Waals surface area contributed by atoms with Gasteiger partial charge in [-0.05, 0) is 36.4 Å². The molecule has 1 amide bonds. The van der Waals surface area contributed by atoms with E-state index in [9.17, 15) is 30.8 Å². The number of carbonyl (C=O) groups is 1. The predicted molar refractivity (Wildman–Crippen MR) is 90.9 cm³/mol. The topological polar surface area (TPSA) is 66.5 Å². The number of benzene rings is 2. The van der Waals surface area contributed by atoms with Gasteiger partial charge in [-0.15, -0.1) is 0 Å². The van der Waals surface area contributed by atoms with Gasteiger partial charge >= 0.3 is 6.18 Å². The van der Waals surface area contributed by atoms with Crippen LogP contribution < -0.4 is 5.32 Å². The number of anilines is 1. The molecule has 0 aliphatic heterocycles. The van der Waals surface area contributed by atoms with Crippen molar-refractivity contribution in [1.29, 1.82) is 0 Å². The van der Waals surface area contributed by atoms with Crippen LogP contribution in [-0.2, 0) is 21.0 Å². The fourth-order valence-electron chi connectivity index (χ4n) is 2.31. The average Bonchev–Trinajstić information content (AvgIpc) is 2.59. The molecule has 2 aromatic rings. The van der Waals surface area contributed by atoms with Gasteiger partial charge < -0.3 is 5.32 Å². The Morgan fingerprint density at radius 1 is 1.07 bits per heavy atom. The fourth-order valence-corrected chi connectivity index (χ4v) is 3.72. The molecule has 10 heteroatoms. The summed E-state index contributed by atoms with van der Waals surface area (Å²) in [7, 11) is -4.11. The Morgan fingerprint density at radius 2 is 1.67 bits per heavy atom. The van der Waals surface area contributed by atoms with E-state index in [4.69, 9.17) is 0 Å². The number of sulfonamides is 1. The van der Waals surface area contributed by atoms with Gasteiger partial charge in [0, 0.05) is 6.54 Å². The molecule has 0 aliphatic rings. The van der Waals surface area contributed by atoms with Crippen LogP contribution in [0.15, 0.2) is 53.4 Å². The highest BCUT2D eigenvalue weighted by Gasteiger charge is 2.34. The number of alkyl halides is 3. The summed E-state index contributed by atoms with van der Waals surface area (Å²) in [5.74, 6) is -1.56. The Balaban J connectivity index is 2.20. The van der Waals surface area contributed by atoms with E-state index in [1.54, 1.807) is 0 Å². The van der Waals surface area contributed by atoms with E-state index in [0.29, 0.717) is 0 Å².